The van der Waals surface area contributed by atoms with Crippen molar-refractivity contribution in [1.82, 2.24) is 19.7 Å². The number of allylic oxidation sites excluding steroid dienone is 1. The Morgan fingerprint density at radius 3 is 2.63 bits per heavy atom. The molecule has 38 heavy (non-hydrogen) atoms. The largest absolute Gasteiger partial charge is 0.484 e. The van der Waals surface area contributed by atoms with Crippen LogP contribution in [-0.2, 0) is 22.7 Å². The summed E-state index contributed by atoms with van der Waals surface area (Å²) in [6.45, 7) is 5.87. The fraction of sp³-hybridized carbons (Fsp3) is 0.292. The predicted octanol–water partition coefficient (Wildman–Crippen LogP) is 4.94. The van der Waals surface area contributed by atoms with Crippen LogP contribution in [0.4, 0.5) is 5.00 Å². The van der Waals surface area contributed by atoms with Crippen molar-refractivity contribution in [2.24, 2.45) is 0 Å². The van der Waals surface area contributed by atoms with E-state index in [1.165, 1.54) is 12.0 Å². The van der Waals surface area contributed by atoms with Gasteiger partial charge in [-0.2, -0.15) is 0 Å². The first-order valence-corrected chi connectivity index (χ1v) is 13.6. The molecule has 0 aliphatic carbocycles. The molecular weight excluding hydrogens is 573 g/mol. The molecular formula is C24H25Cl2N5O5S2. The van der Waals surface area contributed by atoms with Crippen molar-refractivity contribution in [1.29, 1.82) is 0 Å². The quantitative estimate of drug-likeness (QED) is 0.188. The van der Waals surface area contributed by atoms with E-state index in [9.17, 15) is 14.4 Å². The molecule has 0 aliphatic heterocycles. The molecule has 14 heteroatoms. The highest BCUT2D eigenvalue weighted by Crippen LogP contribution is 2.34. The molecule has 2 heterocycles. The van der Waals surface area contributed by atoms with Crippen molar-refractivity contribution >= 4 is 69.1 Å². The third kappa shape index (κ3) is 6.87. The lowest BCUT2D eigenvalue weighted by Crippen LogP contribution is -2.21. The van der Waals surface area contributed by atoms with Crippen LogP contribution in [0.1, 0.15) is 31.4 Å². The second-order valence-corrected chi connectivity index (χ2v) is 10.8. The van der Waals surface area contributed by atoms with Crippen LogP contribution in [0.5, 0.6) is 5.75 Å². The number of carbonyl (C=O) groups is 3. The van der Waals surface area contributed by atoms with Gasteiger partial charge < -0.3 is 19.7 Å². The lowest BCUT2D eigenvalue weighted by atomic mass is 10.1. The van der Waals surface area contributed by atoms with Gasteiger partial charge in [0.2, 0.25) is 5.91 Å². The first kappa shape index (κ1) is 29.5. The van der Waals surface area contributed by atoms with Crippen molar-refractivity contribution in [2.45, 2.75) is 25.2 Å². The summed E-state index contributed by atoms with van der Waals surface area (Å²) in [6, 6.07) is 4.90. The minimum absolute atomic E-state index is 0.0341. The Morgan fingerprint density at radius 1 is 1.26 bits per heavy atom. The number of carbonyl (C=O) groups excluding carboxylic acids is 3. The zero-order valence-electron chi connectivity index (χ0n) is 21.0. The molecule has 3 aromatic rings. The van der Waals surface area contributed by atoms with Gasteiger partial charge in [-0.05, 0) is 30.7 Å². The Morgan fingerprint density at radius 2 is 2.00 bits per heavy atom. The van der Waals surface area contributed by atoms with E-state index in [0.717, 1.165) is 23.1 Å². The van der Waals surface area contributed by atoms with E-state index in [2.05, 4.69) is 22.1 Å². The lowest BCUT2D eigenvalue weighted by molar-refractivity contribution is -0.113. The van der Waals surface area contributed by atoms with Gasteiger partial charge in [-0.25, -0.2) is 4.79 Å². The maximum absolute atomic E-state index is 12.8. The van der Waals surface area contributed by atoms with Gasteiger partial charge in [-0.15, -0.1) is 28.1 Å². The number of benzene rings is 1. The summed E-state index contributed by atoms with van der Waals surface area (Å²) in [7, 11) is 4.46. The number of thioether (sulfide) groups is 1. The summed E-state index contributed by atoms with van der Waals surface area (Å²) in [5.41, 5.74) is 0.593. The maximum atomic E-state index is 12.8. The molecule has 10 nitrogen and oxygen atoms in total. The molecule has 3 rings (SSSR count). The summed E-state index contributed by atoms with van der Waals surface area (Å²) < 4.78 is 12.4. The molecule has 0 unspecified atom stereocenters. The fourth-order valence-corrected chi connectivity index (χ4v) is 5.69. The number of amides is 2. The van der Waals surface area contributed by atoms with Gasteiger partial charge in [-0.3, -0.25) is 14.2 Å². The number of nitrogens with one attached hydrogen (secondary N) is 1. The Hall–Kier alpha value is -3.06. The van der Waals surface area contributed by atoms with Gasteiger partial charge in [0.1, 0.15) is 17.4 Å². The first-order valence-electron chi connectivity index (χ1n) is 11.0. The van der Waals surface area contributed by atoms with Gasteiger partial charge >= 0.3 is 5.97 Å². The van der Waals surface area contributed by atoms with Crippen molar-refractivity contribution < 1.29 is 23.9 Å². The molecule has 0 spiro atoms. The number of halogens is 2. The summed E-state index contributed by atoms with van der Waals surface area (Å²) in [6.07, 6.45) is 1.67. The normalized spacial score (nSPS) is 10.7. The molecule has 0 saturated heterocycles. The molecule has 202 valence electrons. The van der Waals surface area contributed by atoms with Crippen molar-refractivity contribution in [3.8, 4) is 5.75 Å². The number of hydrogen-bond acceptors (Lipinski definition) is 9. The minimum Gasteiger partial charge on any atom is -0.484 e. The minimum atomic E-state index is -0.643. The number of ether oxygens (including phenoxy) is 2. The second-order valence-electron chi connectivity index (χ2n) is 7.95. The number of hydrogen-bond donors (Lipinski definition) is 1. The van der Waals surface area contributed by atoms with E-state index in [1.54, 1.807) is 49.9 Å². The van der Waals surface area contributed by atoms with E-state index < -0.39 is 11.9 Å². The van der Waals surface area contributed by atoms with Crippen LogP contribution >= 0.6 is 46.3 Å². The SMILES string of the molecule is C=CCn1c(COc2ccc(Cl)cc2Cl)nnc1SCC(=O)Nc1sc(C(=O)N(C)C)c(C)c1C(=O)OC. The fourth-order valence-electron chi connectivity index (χ4n) is 3.23. The Bertz CT molecular complexity index is 1370. The predicted molar refractivity (Wildman–Crippen MR) is 149 cm³/mol. The average molecular weight is 599 g/mol. The van der Waals surface area contributed by atoms with Gasteiger partial charge in [0, 0.05) is 25.7 Å². The van der Waals surface area contributed by atoms with Gasteiger partial charge in [0.25, 0.3) is 5.91 Å². The van der Waals surface area contributed by atoms with E-state index in [1.807, 2.05) is 0 Å². The monoisotopic (exact) mass is 597 g/mol. The van der Waals surface area contributed by atoms with Crippen LogP contribution in [0.15, 0.2) is 36.0 Å². The van der Waals surface area contributed by atoms with Crippen LogP contribution in [-0.4, -0.2) is 64.4 Å². The smallest absolute Gasteiger partial charge is 0.341 e. The molecule has 0 saturated carbocycles. The summed E-state index contributed by atoms with van der Waals surface area (Å²) in [4.78, 5) is 39.5. The van der Waals surface area contributed by atoms with Gasteiger partial charge in [0.15, 0.2) is 11.0 Å². The molecule has 1 N–H and O–H groups in total. The molecule has 2 amide bonds. The van der Waals surface area contributed by atoms with Crippen LogP contribution < -0.4 is 10.1 Å². The number of aromatic nitrogens is 3. The van der Waals surface area contributed by atoms with Crippen LogP contribution in [0.2, 0.25) is 10.0 Å². The molecule has 0 radical (unpaired) electrons. The number of methoxy groups -OCH3 is 1. The van der Waals surface area contributed by atoms with E-state index >= 15 is 0 Å². The molecule has 0 bridgehead atoms. The molecule has 2 aromatic heterocycles. The van der Waals surface area contributed by atoms with E-state index in [-0.39, 0.29) is 28.8 Å². The van der Waals surface area contributed by atoms with Crippen molar-refractivity contribution in [3.63, 3.8) is 0 Å². The van der Waals surface area contributed by atoms with Crippen LogP contribution in [0, 0.1) is 6.92 Å². The van der Waals surface area contributed by atoms with Crippen molar-refractivity contribution in [3.05, 3.63) is 62.7 Å². The van der Waals surface area contributed by atoms with Crippen LogP contribution in [0.25, 0.3) is 0 Å². The second kappa shape index (κ2) is 13.1. The highest BCUT2D eigenvalue weighted by Gasteiger charge is 2.27. The highest BCUT2D eigenvalue weighted by molar-refractivity contribution is 7.99. The van der Waals surface area contributed by atoms with Crippen LogP contribution in [0.3, 0.4) is 0 Å². The van der Waals surface area contributed by atoms with E-state index in [4.69, 9.17) is 32.7 Å². The average Bonchev–Trinajstić information content (AvgIpc) is 3.41. The van der Waals surface area contributed by atoms with Gasteiger partial charge in [-0.1, -0.05) is 41.0 Å². The Balaban J connectivity index is 1.73. The Kier molecular flexibility index (Phi) is 10.2. The summed E-state index contributed by atoms with van der Waals surface area (Å²) in [5, 5.41) is 12.6. The number of nitrogens with zero attached hydrogens (tertiary/aromatic N) is 4. The van der Waals surface area contributed by atoms with Gasteiger partial charge in [0.05, 0.1) is 28.3 Å². The zero-order chi connectivity index (χ0) is 28.0. The third-order valence-corrected chi connectivity index (χ3v) is 7.77. The Labute approximate surface area is 237 Å². The van der Waals surface area contributed by atoms with E-state index in [0.29, 0.717) is 43.8 Å². The third-order valence-electron chi connectivity index (χ3n) is 5.08. The number of anilines is 1. The number of esters is 1. The molecule has 0 atom stereocenters. The standard InChI is InChI=1S/C24H25Cl2N5O5S2/c1-6-9-31-17(11-36-16-8-7-14(25)10-15(16)26)28-29-24(31)37-12-18(32)27-21-19(23(34)35-5)13(2)20(38-21)22(33)30(3)4/h6-8,10H,1,9,11-12H2,2-5H3,(H,27,32). The first-order chi connectivity index (χ1) is 18.1. The maximum Gasteiger partial charge on any atom is 0.341 e. The molecule has 1 aromatic carbocycles. The number of rotatable bonds is 11. The topological polar surface area (TPSA) is 116 Å². The summed E-state index contributed by atoms with van der Waals surface area (Å²) >= 11 is 14.3. The number of thiophene rings is 1. The van der Waals surface area contributed by atoms with Crippen molar-refractivity contribution in [2.75, 3.05) is 32.3 Å². The lowest BCUT2D eigenvalue weighted by Gasteiger charge is -2.10. The summed E-state index contributed by atoms with van der Waals surface area (Å²) in [5.74, 6) is -0.405. The molecule has 0 aliphatic rings. The zero-order valence-corrected chi connectivity index (χ0v) is 24.2. The highest BCUT2D eigenvalue weighted by atomic mass is 35.5. The molecule has 0 fully saturated rings.